The van der Waals surface area contributed by atoms with E-state index in [1.807, 2.05) is 34.7 Å². The first-order chi connectivity index (χ1) is 13.6. The zero-order valence-corrected chi connectivity index (χ0v) is 16.6. The largest absolute Gasteiger partial charge is 0.454 e. The van der Waals surface area contributed by atoms with Crippen LogP contribution in [0.2, 0.25) is 0 Å². The predicted octanol–water partition coefficient (Wildman–Crippen LogP) is 4.51. The molecule has 5 nitrogen and oxygen atoms in total. The van der Waals surface area contributed by atoms with Gasteiger partial charge in [-0.3, -0.25) is 4.79 Å². The number of nitrogens with zero attached hydrogens (tertiary/aromatic N) is 2. The number of carbonyl (C=O) groups is 1. The first kappa shape index (κ1) is 17.5. The highest BCUT2D eigenvalue weighted by Crippen LogP contribution is 2.38. The molecule has 1 atom stereocenters. The van der Waals surface area contributed by atoms with Gasteiger partial charge in [-0.05, 0) is 60.6 Å². The van der Waals surface area contributed by atoms with E-state index < -0.39 is 0 Å². The van der Waals surface area contributed by atoms with Crippen molar-refractivity contribution in [2.45, 2.75) is 26.2 Å². The highest BCUT2D eigenvalue weighted by molar-refractivity contribution is 7.16. The number of aromatic nitrogens is 1. The molecule has 6 heteroatoms. The van der Waals surface area contributed by atoms with Crippen LogP contribution in [0.15, 0.2) is 41.9 Å². The fourth-order valence-corrected chi connectivity index (χ4v) is 5.06. The first-order valence-corrected chi connectivity index (χ1v) is 10.5. The molecule has 0 unspecified atom stereocenters. The average Bonchev–Trinajstić information content (AvgIpc) is 3.35. The van der Waals surface area contributed by atoms with Crippen LogP contribution in [-0.4, -0.2) is 35.7 Å². The van der Waals surface area contributed by atoms with Gasteiger partial charge in [0, 0.05) is 18.7 Å². The van der Waals surface area contributed by atoms with Crippen molar-refractivity contribution >= 4 is 27.5 Å². The van der Waals surface area contributed by atoms with Gasteiger partial charge in [0.1, 0.15) is 0 Å². The van der Waals surface area contributed by atoms with Gasteiger partial charge in [0.05, 0.1) is 15.7 Å². The second kappa shape index (κ2) is 6.78. The number of fused-ring (bicyclic) bond motifs is 2. The third-order valence-corrected chi connectivity index (χ3v) is 6.51. The van der Waals surface area contributed by atoms with Gasteiger partial charge in [-0.15, -0.1) is 11.3 Å². The molecular formula is C22H22N2O3S. The molecule has 2 aliphatic rings. The van der Waals surface area contributed by atoms with Crippen LogP contribution < -0.4 is 9.47 Å². The summed E-state index contributed by atoms with van der Waals surface area (Å²) in [6.45, 7) is 4.16. The minimum Gasteiger partial charge on any atom is -0.454 e. The van der Waals surface area contributed by atoms with Gasteiger partial charge in [0.15, 0.2) is 11.5 Å². The maximum absolute atomic E-state index is 13.1. The Kier molecular flexibility index (Phi) is 4.23. The smallest absolute Gasteiger partial charge is 0.253 e. The summed E-state index contributed by atoms with van der Waals surface area (Å²) >= 11 is 1.57. The summed E-state index contributed by atoms with van der Waals surface area (Å²) < 4.78 is 12.0. The van der Waals surface area contributed by atoms with Gasteiger partial charge >= 0.3 is 0 Å². The summed E-state index contributed by atoms with van der Waals surface area (Å²) in [7, 11) is 0. The number of likely N-dealkylation sites (tertiary alicyclic amines) is 1. The van der Waals surface area contributed by atoms with Crippen LogP contribution in [0.1, 0.15) is 35.7 Å². The zero-order valence-electron chi connectivity index (χ0n) is 15.8. The number of rotatable bonds is 3. The van der Waals surface area contributed by atoms with Gasteiger partial charge in [-0.25, -0.2) is 4.98 Å². The molecule has 1 saturated heterocycles. The molecule has 1 aromatic heterocycles. The second-order valence-corrected chi connectivity index (χ2v) is 8.93. The minimum atomic E-state index is 0.0518. The fourth-order valence-electron chi connectivity index (χ4n) is 4.35. The van der Waals surface area contributed by atoms with Crippen LogP contribution in [-0.2, 0) is 6.42 Å². The maximum Gasteiger partial charge on any atom is 0.253 e. The molecule has 28 heavy (non-hydrogen) atoms. The topological polar surface area (TPSA) is 51.7 Å². The van der Waals surface area contributed by atoms with Gasteiger partial charge in [0.25, 0.3) is 5.91 Å². The fraction of sp³-hybridized carbons (Fsp3) is 0.364. The zero-order chi connectivity index (χ0) is 19.1. The second-order valence-electron chi connectivity index (χ2n) is 8.04. The third-order valence-electron chi connectivity index (χ3n) is 5.71. The summed E-state index contributed by atoms with van der Waals surface area (Å²) in [5, 5.41) is 0. The van der Waals surface area contributed by atoms with E-state index in [9.17, 15) is 4.79 Å². The van der Waals surface area contributed by atoms with E-state index in [0.717, 1.165) is 59.6 Å². The summed E-state index contributed by atoms with van der Waals surface area (Å²) in [5.41, 5.74) is 4.81. The van der Waals surface area contributed by atoms with E-state index in [1.165, 1.54) is 5.56 Å². The standard InChI is InChI=1S/C22H22N2O3S/c1-22(11-15-3-6-18-19(9-15)27-14-26-18)7-2-8-24(12-22)21(25)16-4-5-17-20(10-16)28-13-23-17/h3-6,9-10,13H,2,7-8,11-12,14H2,1H3/t22-/m1/s1. The van der Waals surface area contributed by atoms with Crippen LogP contribution in [0.5, 0.6) is 11.5 Å². The normalized spacial score (nSPS) is 21.2. The van der Waals surface area contributed by atoms with Crippen molar-refractivity contribution in [3.8, 4) is 11.5 Å². The van der Waals surface area contributed by atoms with E-state index in [4.69, 9.17) is 9.47 Å². The Hall–Kier alpha value is -2.60. The Morgan fingerprint density at radius 2 is 2.11 bits per heavy atom. The summed E-state index contributed by atoms with van der Waals surface area (Å²) in [4.78, 5) is 19.4. The van der Waals surface area contributed by atoms with Gasteiger partial charge in [-0.1, -0.05) is 13.0 Å². The molecule has 2 aromatic carbocycles. The number of piperidine rings is 1. The molecule has 5 rings (SSSR count). The number of benzene rings is 2. The van der Waals surface area contributed by atoms with Crippen molar-refractivity contribution in [2.24, 2.45) is 5.41 Å². The lowest BCUT2D eigenvalue weighted by Crippen LogP contribution is -2.45. The minimum absolute atomic E-state index is 0.0518. The predicted molar refractivity (Wildman–Crippen MR) is 109 cm³/mol. The molecule has 144 valence electrons. The Morgan fingerprint density at radius 1 is 1.21 bits per heavy atom. The van der Waals surface area contributed by atoms with Crippen molar-refractivity contribution in [1.82, 2.24) is 9.88 Å². The van der Waals surface area contributed by atoms with Crippen LogP contribution in [0, 0.1) is 5.41 Å². The highest BCUT2D eigenvalue weighted by atomic mass is 32.1. The lowest BCUT2D eigenvalue weighted by atomic mass is 9.76. The molecule has 3 heterocycles. The van der Waals surface area contributed by atoms with Crippen LogP contribution >= 0.6 is 11.3 Å². The number of hydrogen-bond acceptors (Lipinski definition) is 5. The summed E-state index contributed by atoms with van der Waals surface area (Å²) in [6, 6.07) is 12.0. The molecule has 0 spiro atoms. The number of carbonyl (C=O) groups excluding carboxylic acids is 1. The number of thiazole rings is 1. The van der Waals surface area contributed by atoms with Gasteiger partial charge in [0.2, 0.25) is 6.79 Å². The lowest BCUT2D eigenvalue weighted by Gasteiger charge is -2.41. The van der Waals surface area contributed by atoms with Crippen molar-refractivity contribution in [3.05, 3.63) is 53.0 Å². The molecule has 0 saturated carbocycles. The van der Waals surface area contributed by atoms with E-state index in [2.05, 4.69) is 24.0 Å². The maximum atomic E-state index is 13.1. The van der Waals surface area contributed by atoms with Crippen LogP contribution in [0.4, 0.5) is 0 Å². The van der Waals surface area contributed by atoms with Gasteiger partial charge in [-0.2, -0.15) is 0 Å². The molecular weight excluding hydrogens is 372 g/mol. The summed E-state index contributed by atoms with van der Waals surface area (Å²) in [6.07, 6.45) is 3.05. The molecule has 1 amide bonds. The molecule has 3 aromatic rings. The van der Waals surface area contributed by atoms with E-state index in [1.54, 1.807) is 11.3 Å². The molecule has 0 N–H and O–H groups in total. The van der Waals surface area contributed by atoms with Crippen molar-refractivity contribution in [2.75, 3.05) is 19.9 Å². The highest BCUT2D eigenvalue weighted by Gasteiger charge is 2.34. The number of ether oxygens (including phenoxy) is 2. The van der Waals surface area contributed by atoms with Crippen LogP contribution in [0.25, 0.3) is 10.2 Å². The summed E-state index contributed by atoms with van der Waals surface area (Å²) in [5.74, 6) is 1.75. The monoisotopic (exact) mass is 394 g/mol. The van der Waals surface area contributed by atoms with E-state index in [0.29, 0.717) is 6.79 Å². The molecule has 1 fully saturated rings. The first-order valence-electron chi connectivity index (χ1n) is 9.61. The Morgan fingerprint density at radius 3 is 3.04 bits per heavy atom. The van der Waals surface area contributed by atoms with Crippen molar-refractivity contribution in [3.63, 3.8) is 0 Å². The number of amides is 1. The van der Waals surface area contributed by atoms with E-state index in [-0.39, 0.29) is 11.3 Å². The number of hydrogen-bond donors (Lipinski definition) is 0. The molecule has 0 aliphatic carbocycles. The molecule has 2 aliphatic heterocycles. The van der Waals surface area contributed by atoms with Gasteiger partial charge < -0.3 is 14.4 Å². The Labute approximate surface area is 167 Å². The van der Waals surface area contributed by atoms with Crippen LogP contribution in [0.3, 0.4) is 0 Å². The van der Waals surface area contributed by atoms with Crippen molar-refractivity contribution in [1.29, 1.82) is 0 Å². The van der Waals surface area contributed by atoms with Crippen molar-refractivity contribution < 1.29 is 14.3 Å². The molecule has 0 radical (unpaired) electrons. The Balaban J connectivity index is 1.33. The Bertz CT molecular complexity index is 1050. The van der Waals surface area contributed by atoms with E-state index >= 15 is 0 Å². The lowest BCUT2D eigenvalue weighted by molar-refractivity contribution is 0.0551. The third kappa shape index (κ3) is 3.22. The molecule has 0 bridgehead atoms. The quantitative estimate of drug-likeness (QED) is 0.656. The SMILES string of the molecule is C[C@]1(Cc2ccc3c(c2)OCO3)CCCN(C(=O)c2ccc3ncsc3c2)C1. The average molecular weight is 394 g/mol.